The third-order valence-electron chi connectivity index (χ3n) is 2.20. The summed E-state index contributed by atoms with van der Waals surface area (Å²) in [5.41, 5.74) is 6.09. The molecule has 14 heavy (non-hydrogen) atoms. The van der Waals surface area contributed by atoms with Crippen LogP contribution in [0.5, 0.6) is 5.75 Å². The summed E-state index contributed by atoms with van der Waals surface area (Å²) in [4.78, 5) is 0. The minimum absolute atomic E-state index is 0.0755. The van der Waals surface area contributed by atoms with E-state index in [4.69, 9.17) is 15.9 Å². The van der Waals surface area contributed by atoms with E-state index in [9.17, 15) is 5.11 Å². The van der Waals surface area contributed by atoms with E-state index in [0.717, 1.165) is 0 Å². The number of nitrogens with two attached hydrogens (primary N) is 1. The third kappa shape index (κ3) is 2.04. The van der Waals surface area contributed by atoms with Crippen molar-refractivity contribution < 1.29 is 15.3 Å². The highest BCUT2D eigenvalue weighted by Gasteiger charge is 2.22. The third-order valence-corrected chi connectivity index (χ3v) is 2.20. The summed E-state index contributed by atoms with van der Waals surface area (Å²) in [6.07, 6.45) is 0. The van der Waals surface area contributed by atoms with Crippen LogP contribution in [0.4, 0.5) is 0 Å². The lowest BCUT2D eigenvalue weighted by atomic mass is 9.90. The lowest BCUT2D eigenvalue weighted by molar-refractivity contribution is 0.205. The lowest BCUT2D eigenvalue weighted by Crippen LogP contribution is -2.37. The van der Waals surface area contributed by atoms with E-state index < -0.39 is 5.54 Å². The fourth-order valence-corrected chi connectivity index (χ4v) is 1.35. The number of hydrogen-bond acceptors (Lipinski definition) is 4. The van der Waals surface area contributed by atoms with Crippen LogP contribution in [0.2, 0.25) is 0 Å². The Morgan fingerprint density at radius 2 is 2.00 bits per heavy atom. The molecule has 5 N–H and O–H groups in total. The highest BCUT2D eigenvalue weighted by Crippen LogP contribution is 2.25. The Kier molecular flexibility index (Phi) is 3.10. The molecule has 0 aromatic heterocycles. The molecule has 1 rings (SSSR count). The van der Waals surface area contributed by atoms with Crippen LogP contribution in [0, 0.1) is 0 Å². The molecule has 0 aliphatic carbocycles. The number of aliphatic hydroxyl groups excluding tert-OH is 2. The molecule has 1 aromatic rings. The SMILES string of the molecule is C[C@](N)(CO)c1ccc(O)cc1CO. The summed E-state index contributed by atoms with van der Waals surface area (Å²) in [6, 6.07) is 4.53. The standard InChI is InChI=1S/C10H15NO3/c1-10(11,6-13)9-3-2-8(14)4-7(9)5-12/h2-4,12-14H,5-6,11H2,1H3/t10-/m0/s1. The summed E-state index contributed by atoms with van der Waals surface area (Å²) in [5.74, 6) is 0.0755. The van der Waals surface area contributed by atoms with Crippen LogP contribution in [0.1, 0.15) is 18.1 Å². The normalized spacial score (nSPS) is 15.1. The number of phenolic OH excluding ortho intramolecular Hbond substituents is 1. The van der Waals surface area contributed by atoms with E-state index >= 15 is 0 Å². The number of hydrogen-bond donors (Lipinski definition) is 4. The van der Waals surface area contributed by atoms with Gasteiger partial charge in [0.2, 0.25) is 0 Å². The molecule has 0 radical (unpaired) electrons. The summed E-state index contributed by atoms with van der Waals surface area (Å²) in [7, 11) is 0. The molecule has 0 unspecified atom stereocenters. The van der Waals surface area contributed by atoms with E-state index in [1.54, 1.807) is 13.0 Å². The summed E-state index contributed by atoms with van der Waals surface area (Å²) in [6.45, 7) is 1.24. The largest absolute Gasteiger partial charge is 0.508 e. The Hall–Kier alpha value is -1.10. The first-order chi connectivity index (χ1) is 6.51. The van der Waals surface area contributed by atoms with Gasteiger partial charge in [0.15, 0.2) is 0 Å². The van der Waals surface area contributed by atoms with Crippen molar-refractivity contribution in [3.05, 3.63) is 29.3 Å². The molecule has 1 aromatic carbocycles. The van der Waals surface area contributed by atoms with Crippen molar-refractivity contribution in [3.63, 3.8) is 0 Å². The molecule has 4 heteroatoms. The van der Waals surface area contributed by atoms with Crippen LogP contribution < -0.4 is 5.73 Å². The quantitative estimate of drug-likeness (QED) is 0.551. The van der Waals surface area contributed by atoms with Crippen LogP contribution >= 0.6 is 0 Å². The van der Waals surface area contributed by atoms with Gasteiger partial charge in [-0.25, -0.2) is 0 Å². The number of aliphatic hydroxyl groups is 2. The Morgan fingerprint density at radius 1 is 1.36 bits per heavy atom. The maximum absolute atomic E-state index is 9.19. The Labute approximate surface area is 82.6 Å². The van der Waals surface area contributed by atoms with Crippen LogP contribution in [0.3, 0.4) is 0 Å². The molecule has 0 bridgehead atoms. The van der Waals surface area contributed by atoms with E-state index in [-0.39, 0.29) is 19.0 Å². The minimum Gasteiger partial charge on any atom is -0.508 e. The number of aromatic hydroxyl groups is 1. The average molecular weight is 197 g/mol. The fourth-order valence-electron chi connectivity index (χ4n) is 1.35. The molecule has 0 aliphatic heterocycles. The molecule has 0 spiro atoms. The molecule has 0 heterocycles. The number of phenols is 1. The molecule has 0 fully saturated rings. The second-order valence-corrected chi connectivity index (χ2v) is 3.58. The molecule has 0 saturated carbocycles. The molecular formula is C10H15NO3. The van der Waals surface area contributed by atoms with Crippen molar-refractivity contribution in [1.82, 2.24) is 0 Å². The van der Waals surface area contributed by atoms with Crippen molar-refractivity contribution in [2.24, 2.45) is 5.73 Å². The van der Waals surface area contributed by atoms with E-state index in [1.807, 2.05) is 0 Å². The second-order valence-electron chi connectivity index (χ2n) is 3.58. The summed E-state index contributed by atoms with van der Waals surface area (Å²) >= 11 is 0. The first-order valence-corrected chi connectivity index (χ1v) is 4.34. The van der Waals surface area contributed by atoms with Gasteiger partial charge >= 0.3 is 0 Å². The predicted molar refractivity (Wildman–Crippen MR) is 52.7 cm³/mol. The van der Waals surface area contributed by atoms with Crippen LogP contribution in [0.25, 0.3) is 0 Å². The molecule has 0 aliphatic rings. The average Bonchev–Trinajstić information content (AvgIpc) is 2.17. The Balaban J connectivity index is 3.20. The van der Waals surface area contributed by atoms with Crippen molar-refractivity contribution >= 4 is 0 Å². The summed E-state index contributed by atoms with van der Waals surface area (Å²) in [5, 5.41) is 27.3. The van der Waals surface area contributed by atoms with Crippen LogP contribution in [-0.2, 0) is 12.1 Å². The van der Waals surface area contributed by atoms with Gasteiger partial charge < -0.3 is 21.1 Å². The molecule has 0 saturated heterocycles. The minimum atomic E-state index is -0.897. The molecule has 0 amide bonds. The molecule has 1 atom stereocenters. The topological polar surface area (TPSA) is 86.7 Å². The van der Waals surface area contributed by atoms with E-state index in [2.05, 4.69) is 0 Å². The summed E-state index contributed by atoms with van der Waals surface area (Å²) < 4.78 is 0. The lowest BCUT2D eigenvalue weighted by Gasteiger charge is -2.24. The van der Waals surface area contributed by atoms with Gasteiger partial charge in [-0.05, 0) is 30.2 Å². The zero-order chi connectivity index (χ0) is 10.8. The highest BCUT2D eigenvalue weighted by atomic mass is 16.3. The van der Waals surface area contributed by atoms with Gasteiger partial charge in [-0.1, -0.05) is 6.07 Å². The molecular weight excluding hydrogens is 182 g/mol. The van der Waals surface area contributed by atoms with Gasteiger partial charge in [-0.3, -0.25) is 0 Å². The van der Waals surface area contributed by atoms with Crippen LogP contribution in [-0.4, -0.2) is 21.9 Å². The van der Waals surface area contributed by atoms with Crippen molar-refractivity contribution in [2.75, 3.05) is 6.61 Å². The van der Waals surface area contributed by atoms with Gasteiger partial charge in [0, 0.05) is 0 Å². The van der Waals surface area contributed by atoms with E-state index in [1.165, 1.54) is 12.1 Å². The van der Waals surface area contributed by atoms with Gasteiger partial charge in [0.1, 0.15) is 5.75 Å². The Bertz CT molecular complexity index is 323. The predicted octanol–water partition coefficient (Wildman–Crippen LogP) is 0.0507. The van der Waals surface area contributed by atoms with Crippen LogP contribution in [0.15, 0.2) is 18.2 Å². The fraction of sp³-hybridized carbons (Fsp3) is 0.400. The van der Waals surface area contributed by atoms with Crippen molar-refractivity contribution in [1.29, 1.82) is 0 Å². The molecule has 78 valence electrons. The first-order valence-electron chi connectivity index (χ1n) is 4.34. The monoisotopic (exact) mass is 197 g/mol. The van der Waals surface area contributed by atoms with Crippen molar-refractivity contribution in [2.45, 2.75) is 19.1 Å². The van der Waals surface area contributed by atoms with E-state index in [0.29, 0.717) is 11.1 Å². The maximum atomic E-state index is 9.19. The molecule has 4 nitrogen and oxygen atoms in total. The highest BCUT2D eigenvalue weighted by molar-refractivity contribution is 5.38. The Morgan fingerprint density at radius 3 is 2.50 bits per heavy atom. The van der Waals surface area contributed by atoms with Gasteiger partial charge in [0.25, 0.3) is 0 Å². The first kappa shape index (κ1) is 11.0. The zero-order valence-electron chi connectivity index (χ0n) is 8.07. The van der Waals surface area contributed by atoms with Crippen molar-refractivity contribution in [3.8, 4) is 5.75 Å². The zero-order valence-corrected chi connectivity index (χ0v) is 8.07. The second kappa shape index (κ2) is 3.96. The smallest absolute Gasteiger partial charge is 0.115 e. The number of benzene rings is 1. The van der Waals surface area contributed by atoms with Gasteiger partial charge in [-0.15, -0.1) is 0 Å². The maximum Gasteiger partial charge on any atom is 0.115 e. The van der Waals surface area contributed by atoms with Gasteiger partial charge in [-0.2, -0.15) is 0 Å². The van der Waals surface area contributed by atoms with Gasteiger partial charge in [0.05, 0.1) is 18.8 Å². The number of rotatable bonds is 3.